The molecule has 0 spiro atoms. The summed E-state index contributed by atoms with van der Waals surface area (Å²) in [5, 5.41) is 7.92. The second-order valence-corrected chi connectivity index (χ2v) is 12.2. The number of alkyl halides is 2. The van der Waals surface area contributed by atoms with Gasteiger partial charge in [0, 0.05) is 40.7 Å². The first-order valence-electron chi connectivity index (χ1n) is 11.6. The number of nitrogens with one attached hydrogen (secondary N) is 1. The number of halogens is 2. The van der Waals surface area contributed by atoms with E-state index in [-0.39, 0.29) is 35.1 Å². The maximum absolute atomic E-state index is 13.2. The molecule has 0 radical (unpaired) electrons. The first-order chi connectivity index (χ1) is 16.0. The zero-order valence-corrected chi connectivity index (χ0v) is 20.5. The summed E-state index contributed by atoms with van der Waals surface area (Å²) in [6.07, 6.45) is 2.64. The average Bonchev–Trinajstić information content (AvgIpc) is 3.15. The van der Waals surface area contributed by atoms with Gasteiger partial charge in [0.2, 0.25) is 5.91 Å². The average molecular weight is 496 g/mol. The lowest BCUT2D eigenvalue weighted by atomic mass is 9.84. The molecule has 0 bridgehead atoms. The van der Waals surface area contributed by atoms with Crippen LogP contribution in [0.3, 0.4) is 0 Å². The number of rotatable bonds is 6. The maximum atomic E-state index is 13.2. The van der Waals surface area contributed by atoms with Crippen molar-refractivity contribution in [1.29, 1.82) is 0 Å². The summed E-state index contributed by atoms with van der Waals surface area (Å²) in [5.41, 5.74) is 2.92. The van der Waals surface area contributed by atoms with Crippen LogP contribution >= 0.6 is 0 Å². The second-order valence-electron chi connectivity index (χ2n) is 9.86. The molecule has 1 aliphatic heterocycles. The molecule has 0 unspecified atom stereocenters. The molecule has 1 N–H and O–H groups in total. The van der Waals surface area contributed by atoms with Gasteiger partial charge in [-0.05, 0) is 58.6 Å². The third kappa shape index (κ3) is 5.26. The normalized spacial score (nSPS) is 21.3. The lowest BCUT2D eigenvalue weighted by Crippen LogP contribution is -2.53. The Kier molecular flexibility index (Phi) is 6.72. The Morgan fingerprint density at radius 3 is 2.62 bits per heavy atom. The van der Waals surface area contributed by atoms with E-state index in [9.17, 15) is 22.0 Å². The van der Waals surface area contributed by atoms with Crippen LogP contribution in [0.25, 0.3) is 11.3 Å². The summed E-state index contributed by atoms with van der Waals surface area (Å²) in [6, 6.07) is 6.60. The fraction of sp³-hybridized carbons (Fsp3) is 0.583. The van der Waals surface area contributed by atoms with E-state index in [0.29, 0.717) is 37.7 Å². The molecule has 2 heterocycles. The molecule has 4 rings (SSSR count). The number of fused-ring (bicyclic) bond motifs is 1. The van der Waals surface area contributed by atoms with Crippen molar-refractivity contribution in [2.45, 2.75) is 71.1 Å². The lowest BCUT2D eigenvalue weighted by Gasteiger charge is -2.36. The highest BCUT2D eigenvalue weighted by Crippen LogP contribution is 2.36. The molecule has 10 heteroatoms. The fourth-order valence-electron chi connectivity index (χ4n) is 4.85. The Balaban J connectivity index is 1.56. The van der Waals surface area contributed by atoms with Crippen LogP contribution in [0.2, 0.25) is 0 Å². The van der Waals surface area contributed by atoms with E-state index in [1.165, 1.54) is 6.07 Å². The largest absolute Gasteiger partial charge is 0.435 e. The number of hydrogen-bond donors (Lipinski definition) is 1. The van der Waals surface area contributed by atoms with Crippen LogP contribution in [0.5, 0.6) is 5.75 Å². The van der Waals surface area contributed by atoms with E-state index >= 15 is 0 Å². The highest BCUT2D eigenvalue weighted by molar-refractivity contribution is 7.91. The van der Waals surface area contributed by atoms with Crippen LogP contribution in [0.15, 0.2) is 24.3 Å². The highest BCUT2D eigenvalue weighted by atomic mass is 32.2. The van der Waals surface area contributed by atoms with Crippen molar-refractivity contribution in [3.05, 3.63) is 35.5 Å². The first kappa shape index (κ1) is 24.6. The predicted molar refractivity (Wildman–Crippen MR) is 125 cm³/mol. The number of hydrogen-bond acceptors (Lipinski definition) is 5. The van der Waals surface area contributed by atoms with Crippen LogP contribution in [0.1, 0.15) is 57.3 Å². The van der Waals surface area contributed by atoms with Crippen molar-refractivity contribution in [3.8, 4) is 17.0 Å². The number of sulfone groups is 1. The lowest BCUT2D eigenvalue weighted by molar-refractivity contribution is -0.127. The van der Waals surface area contributed by atoms with E-state index in [2.05, 4.69) is 10.1 Å². The molecule has 1 aromatic heterocycles. The quantitative estimate of drug-likeness (QED) is 0.656. The van der Waals surface area contributed by atoms with Crippen LogP contribution in [0, 0.1) is 5.92 Å². The van der Waals surface area contributed by atoms with Crippen molar-refractivity contribution < 1.29 is 26.7 Å². The number of carbonyl (C=O) groups excluding carboxylic acids is 1. The number of aromatic nitrogens is 2. The van der Waals surface area contributed by atoms with E-state index in [4.69, 9.17) is 5.10 Å². The molecule has 1 amide bonds. The minimum absolute atomic E-state index is 0.0576. The van der Waals surface area contributed by atoms with Crippen LogP contribution in [-0.4, -0.2) is 47.8 Å². The Labute approximate surface area is 198 Å². The zero-order valence-electron chi connectivity index (χ0n) is 19.7. The Hall–Kier alpha value is -2.49. The van der Waals surface area contributed by atoms with E-state index in [1.54, 1.807) is 12.1 Å². The highest BCUT2D eigenvalue weighted by Gasteiger charge is 2.38. The Bertz CT molecular complexity index is 1160. The molecule has 1 aromatic carbocycles. The molecule has 7 nitrogen and oxygen atoms in total. The van der Waals surface area contributed by atoms with Crippen molar-refractivity contribution in [2.24, 2.45) is 5.92 Å². The van der Waals surface area contributed by atoms with Gasteiger partial charge in [-0.25, -0.2) is 8.42 Å². The molecule has 1 saturated heterocycles. The van der Waals surface area contributed by atoms with Gasteiger partial charge in [0.15, 0.2) is 0 Å². The van der Waals surface area contributed by atoms with Gasteiger partial charge in [0.25, 0.3) is 0 Å². The number of ether oxygens (including phenoxy) is 1. The summed E-state index contributed by atoms with van der Waals surface area (Å²) >= 11 is 0. The summed E-state index contributed by atoms with van der Waals surface area (Å²) < 4.78 is 55.4. The van der Waals surface area contributed by atoms with Gasteiger partial charge in [-0.2, -0.15) is 13.9 Å². The topological polar surface area (TPSA) is 90.3 Å². The molecule has 1 atom stereocenters. The molecule has 186 valence electrons. The Morgan fingerprint density at radius 2 is 1.97 bits per heavy atom. The van der Waals surface area contributed by atoms with Crippen molar-refractivity contribution in [2.75, 3.05) is 11.5 Å². The van der Waals surface area contributed by atoms with E-state index in [0.717, 1.165) is 17.0 Å². The molecule has 1 aliphatic carbocycles. The SMILES string of the molecule is CC(C)n1nc(-c2cccc(OC(F)F)c2)c2c1C[C@H](C(=O)NC1(C)CCS(=O)(=O)CC1)CC2. The molecule has 1 fully saturated rings. The number of benzene rings is 1. The van der Waals surface area contributed by atoms with Gasteiger partial charge in [0.05, 0.1) is 17.2 Å². The Morgan fingerprint density at radius 1 is 1.26 bits per heavy atom. The summed E-state index contributed by atoms with van der Waals surface area (Å²) in [7, 11) is -3.02. The first-order valence-corrected chi connectivity index (χ1v) is 13.5. The summed E-state index contributed by atoms with van der Waals surface area (Å²) in [5.74, 6) is -0.0280. The van der Waals surface area contributed by atoms with Crippen molar-refractivity contribution in [3.63, 3.8) is 0 Å². The molecule has 34 heavy (non-hydrogen) atoms. The van der Waals surface area contributed by atoms with Gasteiger partial charge in [0.1, 0.15) is 15.6 Å². The van der Waals surface area contributed by atoms with Crippen LogP contribution < -0.4 is 10.1 Å². The molecule has 2 aliphatic rings. The van der Waals surface area contributed by atoms with Gasteiger partial charge in [-0.1, -0.05) is 12.1 Å². The zero-order chi connectivity index (χ0) is 24.7. The predicted octanol–water partition coefficient (Wildman–Crippen LogP) is 3.92. The summed E-state index contributed by atoms with van der Waals surface area (Å²) in [4.78, 5) is 13.2. The smallest absolute Gasteiger partial charge is 0.387 e. The molecular weight excluding hydrogens is 464 g/mol. The standard InChI is InChI=1S/C24H31F2N3O4S/c1-15(2)29-20-14-17(22(30)27-24(3)9-11-34(31,32)12-10-24)7-8-19(20)21(28-29)16-5-4-6-18(13-16)33-23(25)26/h4-6,13,15,17,23H,7-12,14H2,1-3H3,(H,27,30)/t17-/m1/s1. The van der Waals surface area contributed by atoms with E-state index < -0.39 is 22.0 Å². The fourth-order valence-corrected chi connectivity index (χ4v) is 6.58. The summed E-state index contributed by atoms with van der Waals surface area (Å²) in [6.45, 7) is 3.04. The molecular formula is C24H31F2N3O4S. The van der Waals surface area contributed by atoms with Crippen LogP contribution in [-0.2, 0) is 27.5 Å². The van der Waals surface area contributed by atoms with Gasteiger partial charge in [-0.3, -0.25) is 9.48 Å². The minimum Gasteiger partial charge on any atom is -0.435 e. The molecule has 0 saturated carbocycles. The van der Waals surface area contributed by atoms with Crippen molar-refractivity contribution >= 4 is 15.7 Å². The number of nitrogens with zero attached hydrogens (tertiary/aromatic N) is 2. The number of amides is 1. The molecule has 2 aromatic rings. The van der Waals surface area contributed by atoms with Gasteiger partial charge in [-0.15, -0.1) is 0 Å². The third-order valence-corrected chi connectivity index (χ3v) is 8.50. The second kappa shape index (κ2) is 9.28. The third-order valence-electron chi connectivity index (χ3n) is 6.85. The maximum Gasteiger partial charge on any atom is 0.387 e. The van der Waals surface area contributed by atoms with Gasteiger partial charge < -0.3 is 10.1 Å². The van der Waals surface area contributed by atoms with E-state index in [1.807, 2.05) is 31.5 Å². The number of carbonyl (C=O) groups is 1. The van der Waals surface area contributed by atoms with Crippen LogP contribution in [0.4, 0.5) is 8.78 Å². The monoisotopic (exact) mass is 495 g/mol. The van der Waals surface area contributed by atoms with Crippen molar-refractivity contribution in [1.82, 2.24) is 15.1 Å². The van der Waals surface area contributed by atoms with Gasteiger partial charge >= 0.3 is 6.61 Å². The minimum atomic E-state index is -3.02.